The van der Waals surface area contributed by atoms with Crippen molar-refractivity contribution in [1.29, 1.82) is 0 Å². The van der Waals surface area contributed by atoms with E-state index in [9.17, 15) is 4.79 Å². The minimum atomic E-state index is -0.521. The molecule has 1 aromatic heterocycles. The van der Waals surface area contributed by atoms with E-state index in [-0.39, 0.29) is 15.7 Å². The van der Waals surface area contributed by atoms with Gasteiger partial charge in [0.25, 0.3) is 0 Å². The van der Waals surface area contributed by atoms with Gasteiger partial charge in [-0.3, -0.25) is 9.80 Å². The fraction of sp³-hybridized carbons (Fsp3) is 0.393. The first-order chi connectivity index (χ1) is 19.9. The lowest BCUT2D eigenvalue weighted by atomic mass is 10.1. The average molecular weight is 601 g/mol. The number of methoxy groups -OCH3 is 2. The summed E-state index contributed by atoms with van der Waals surface area (Å²) in [6.07, 6.45) is 4.03. The molecule has 13 heteroatoms. The normalized spacial score (nSPS) is 18.1. The van der Waals surface area contributed by atoms with Crippen molar-refractivity contribution in [2.24, 2.45) is 0 Å². The number of nitrogens with zero attached hydrogens (tertiary/aromatic N) is 5. The molecule has 0 spiro atoms. The molecule has 1 aliphatic carbocycles. The highest BCUT2D eigenvalue weighted by molar-refractivity contribution is 6.41. The molecule has 3 aromatic rings. The van der Waals surface area contributed by atoms with Crippen LogP contribution in [0, 0.1) is 0 Å². The minimum Gasteiger partial charge on any atom is -0.495 e. The van der Waals surface area contributed by atoms with E-state index in [0.29, 0.717) is 35.8 Å². The monoisotopic (exact) mass is 599 g/mol. The number of hydrogen-bond acceptors (Lipinski definition) is 9. The number of rotatable bonds is 7. The van der Waals surface area contributed by atoms with E-state index in [4.69, 9.17) is 37.4 Å². The quantitative estimate of drug-likeness (QED) is 0.376. The molecule has 0 unspecified atom stereocenters. The number of piperazine rings is 1. The third-order valence-electron chi connectivity index (χ3n) is 7.66. The van der Waals surface area contributed by atoms with Crippen LogP contribution in [0.3, 0.4) is 0 Å². The molecule has 2 fully saturated rings. The summed E-state index contributed by atoms with van der Waals surface area (Å²) in [6.45, 7) is 3.82. The van der Waals surface area contributed by atoms with Gasteiger partial charge in [-0.1, -0.05) is 23.2 Å². The molecule has 11 nitrogen and oxygen atoms in total. The van der Waals surface area contributed by atoms with E-state index >= 15 is 0 Å². The number of carbonyl (C=O) groups is 1. The van der Waals surface area contributed by atoms with Gasteiger partial charge >= 0.3 is 6.03 Å². The van der Waals surface area contributed by atoms with Gasteiger partial charge in [-0.25, -0.2) is 14.8 Å². The third kappa shape index (κ3) is 5.49. The SMILES string of the molecule is COc1cc(OC)c(Cl)c(NC(=O)N(C)c2cc(Nc3ccc4c(c3)OC[C@@H]3CN(C5CC5)CCN43)ncn2)c1Cl. The Morgan fingerprint density at radius 2 is 1.80 bits per heavy atom. The molecule has 41 heavy (non-hydrogen) atoms. The molecule has 2 N–H and O–H groups in total. The fourth-order valence-corrected chi connectivity index (χ4v) is 5.87. The Morgan fingerprint density at radius 3 is 2.51 bits per heavy atom. The highest BCUT2D eigenvalue weighted by Gasteiger charge is 2.38. The molecule has 1 atom stereocenters. The van der Waals surface area contributed by atoms with Gasteiger partial charge in [-0.05, 0) is 25.0 Å². The Bertz CT molecular complexity index is 1440. The molecule has 1 saturated heterocycles. The second-order valence-corrected chi connectivity index (χ2v) is 11.0. The zero-order valence-electron chi connectivity index (χ0n) is 23.0. The maximum Gasteiger partial charge on any atom is 0.327 e. The Labute approximate surface area is 248 Å². The van der Waals surface area contributed by atoms with Gasteiger partial charge in [0, 0.05) is 56.6 Å². The van der Waals surface area contributed by atoms with Gasteiger partial charge in [0.1, 0.15) is 51.9 Å². The van der Waals surface area contributed by atoms with Crippen molar-refractivity contribution in [3.05, 3.63) is 46.7 Å². The van der Waals surface area contributed by atoms with Gasteiger partial charge in [0.15, 0.2) is 0 Å². The lowest BCUT2D eigenvalue weighted by Crippen LogP contribution is -2.57. The van der Waals surface area contributed by atoms with Crippen molar-refractivity contribution in [2.75, 3.05) is 67.9 Å². The number of benzene rings is 2. The molecule has 6 rings (SSSR count). The van der Waals surface area contributed by atoms with Crippen molar-refractivity contribution < 1.29 is 19.0 Å². The van der Waals surface area contributed by atoms with Gasteiger partial charge < -0.3 is 29.7 Å². The van der Waals surface area contributed by atoms with Crippen LogP contribution in [0.1, 0.15) is 12.8 Å². The summed E-state index contributed by atoms with van der Waals surface area (Å²) in [5.41, 5.74) is 2.10. The molecule has 2 aromatic carbocycles. The summed E-state index contributed by atoms with van der Waals surface area (Å²) in [6, 6.07) is 9.93. The number of urea groups is 1. The summed E-state index contributed by atoms with van der Waals surface area (Å²) < 4.78 is 16.7. The zero-order valence-corrected chi connectivity index (χ0v) is 24.5. The number of halogens is 2. The molecule has 0 bridgehead atoms. The standard InChI is InChI=1S/C28H31Cl2N7O4/c1-35(28(38)34-27-25(29)21(39-2)11-22(40-3)26(27)30)24-12-23(31-15-32-24)33-16-4-7-19-20(10-16)41-14-18-13-36(17-5-6-17)8-9-37(18)19/h4,7,10-12,15,17-18H,5-6,8-9,13-14H2,1-3H3,(H,34,38)(H,31,32,33)/t18-/m0/s1. The average Bonchev–Trinajstić information content (AvgIpc) is 3.84. The van der Waals surface area contributed by atoms with Crippen LogP contribution in [0.4, 0.5) is 33.5 Å². The number of carbonyl (C=O) groups excluding carboxylic acids is 1. The minimum absolute atomic E-state index is 0.149. The lowest BCUT2D eigenvalue weighted by Gasteiger charge is -2.45. The highest BCUT2D eigenvalue weighted by Crippen LogP contribution is 2.44. The van der Waals surface area contributed by atoms with E-state index in [0.717, 1.165) is 42.8 Å². The molecule has 0 radical (unpaired) electrons. The second kappa shape index (κ2) is 11.3. The Morgan fingerprint density at radius 1 is 1.05 bits per heavy atom. The van der Waals surface area contributed by atoms with Crippen molar-refractivity contribution in [3.63, 3.8) is 0 Å². The van der Waals surface area contributed by atoms with Crippen molar-refractivity contribution >= 4 is 57.9 Å². The smallest absolute Gasteiger partial charge is 0.327 e. The summed E-state index contributed by atoms with van der Waals surface area (Å²) in [4.78, 5) is 28.1. The van der Waals surface area contributed by atoms with Gasteiger partial charge in [0.05, 0.1) is 31.6 Å². The number of ether oxygens (including phenoxy) is 3. The van der Waals surface area contributed by atoms with Crippen molar-refractivity contribution in [1.82, 2.24) is 14.9 Å². The van der Waals surface area contributed by atoms with Gasteiger partial charge in [0.2, 0.25) is 0 Å². The van der Waals surface area contributed by atoms with Gasteiger partial charge in [-0.15, -0.1) is 0 Å². The first-order valence-corrected chi connectivity index (χ1v) is 14.1. The zero-order chi connectivity index (χ0) is 28.7. The van der Waals surface area contributed by atoms with Crippen LogP contribution in [0.25, 0.3) is 0 Å². The van der Waals surface area contributed by atoms with E-state index in [2.05, 4.69) is 36.5 Å². The van der Waals surface area contributed by atoms with Crippen molar-refractivity contribution in [2.45, 2.75) is 24.9 Å². The second-order valence-electron chi connectivity index (χ2n) is 10.2. The van der Waals surface area contributed by atoms with Crippen LogP contribution in [-0.4, -0.2) is 80.5 Å². The molecule has 3 aliphatic rings. The topological polar surface area (TPSA) is 104 Å². The Kier molecular flexibility index (Phi) is 7.58. The largest absolute Gasteiger partial charge is 0.495 e. The van der Waals surface area contributed by atoms with E-state index in [1.54, 1.807) is 19.2 Å². The lowest BCUT2D eigenvalue weighted by molar-refractivity contribution is 0.161. The molecule has 216 valence electrons. The van der Waals surface area contributed by atoms with Crippen LogP contribution in [0.5, 0.6) is 17.2 Å². The van der Waals surface area contributed by atoms with Crippen LogP contribution in [0.15, 0.2) is 36.7 Å². The molecule has 2 amide bonds. The summed E-state index contributed by atoms with van der Waals surface area (Å²) >= 11 is 12.8. The summed E-state index contributed by atoms with van der Waals surface area (Å²) in [7, 11) is 4.50. The Hall–Kier alpha value is -3.67. The number of hydrogen-bond donors (Lipinski definition) is 2. The first kappa shape index (κ1) is 27.5. The fourth-order valence-electron chi connectivity index (χ4n) is 5.28. The summed E-state index contributed by atoms with van der Waals surface area (Å²) in [5, 5.41) is 6.32. The third-order valence-corrected chi connectivity index (χ3v) is 8.41. The molecular formula is C28H31Cl2N7O4. The van der Waals surface area contributed by atoms with Crippen LogP contribution >= 0.6 is 23.2 Å². The van der Waals surface area contributed by atoms with Gasteiger partial charge in [-0.2, -0.15) is 0 Å². The molecular weight excluding hydrogens is 569 g/mol. The van der Waals surface area contributed by atoms with Crippen LogP contribution < -0.4 is 34.6 Å². The first-order valence-electron chi connectivity index (χ1n) is 13.4. The number of amides is 2. The van der Waals surface area contributed by atoms with Crippen LogP contribution in [0.2, 0.25) is 10.0 Å². The molecule has 2 aliphatic heterocycles. The van der Waals surface area contributed by atoms with E-state index < -0.39 is 6.03 Å². The van der Waals surface area contributed by atoms with E-state index in [1.165, 1.54) is 38.3 Å². The predicted octanol–water partition coefficient (Wildman–Crippen LogP) is 5.26. The van der Waals surface area contributed by atoms with Crippen molar-refractivity contribution in [3.8, 4) is 17.2 Å². The maximum absolute atomic E-state index is 13.1. The number of anilines is 5. The molecule has 1 saturated carbocycles. The number of fused-ring (bicyclic) bond motifs is 3. The summed E-state index contributed by atoms with van der Waals surface area (Å²) in [5.74, 6) is 2.33. The Balaban J connectivity index is 1.15. The molecule has 3 heterocycles. The maximum atomic E-state index is 13.1. The highest BCUT2D eigenvalue weighted by atomic mass is 35.5. The number of aromatic nitrogens is 2. The predicted molar refractivity (Wildman–Crippen MR) is 160 cm³/mol. The van der Waals surface area contributed by atoms with E-state index in [1.807, 2.05) is 12.1 Å². The number of nitrogens with one attached hydrogen (secondary N) is 2. The van der Waals surface area contributed by atoms with Crippen LogP contribution in [-0.2, 0) is 0 Å².